The number of rotatable bonds is 1. The minimum absolute atomic E-state index is 0.400. The summed E-state index contributed by atoms with van der Waals surface area (Å²) in [7, 11) is 0. The van der Waals surface area contributed by atoms with Crippen molar-refractivity contribution < 1.29 is 4.74 Å². The smallest absolute Gasteiger partial charge is 0.0552 e. The van der Waals surface area contributed by atoms with Crippen molar-refractivity contribution in [3.05, 3.63) is 29.8 Å². The van der Waals surface area contributed by atoms with Gasteiger partial charge in [-0.1, -0.05) is 12.1 Å². The Labute approximate surface area is 90.9 Å². The third-order valence-corrected chi connectivity index (χ3v) is 3.10. The monoisotopic (exact) mass is 208 g/mol. The van der Waals surface area contributed by atoms with Gasteiger partial charge in [-0.25, -0.2) is 0 Å². The highest BCUT2D eigenvalue weighted by molar-refractivity contribution is 7.80. The predicted molar refractivity (Wildman–Crippen MR) is 61.1 cm³/mol. The highest BCUT2D eigenvalue weighted by atomic mass is 32.1. The van der Waals surface area contributed by atoms with Crippen LogP contribution in [0.15, 0.2) is 29.2 Å². The second-order valence-electron chi connectivity index (χ2n) is 4.00. The van der Waals surface area contributed by atoms with Gasteiger partial charge < -0.3 is 4.74 Å². The van der Waals surface area contributed by atoms with Crippen molar-refractivity contribution in [2.24, 2.45) is 0 Å². The standard InChI is InChI=1S/C12H16OS/c1-9-7-11(5-6-13-9)10-3-2-4-12(14)8-10/h2-4,8-9,11,14H,5-7H2,1H3/t9-,11+/m0/s1. The Morgan fingerprint density at radius 2 is 2.29 bits per heavy atom. The summed E-state index contributed by atoms with van der Waals surface area (Å²) in [6.45, 7) is 3.04. The molecule has 14 heavy (non-hydrogen) atoms. The summed E-state index contributed by atoms with van der Waals surface area (Å²) in [5.74, 6) is 0.658. The van der Waals surface area contributed by atoms with Crippen LogP contribution in [0.4, 0.5) is 0 Å². The van der Waals surface area contributed by atoms with Gasteiger partial charge in [-0.05, 0) is 43.4 Å². The number of hydrogen-bond donors (Lipinski definition) is 1. The molecule has 0 bridgehead atoms. The lowest BCUT2D eigenvalue weighted by atomic mass is 9.89. The van der Waals surface area contributed by atoms with Crippen molar-refractivity contribution in [2.75, 3.05) is 6.61 Å². The van der Waals surface area contributed by atoms with E-state index in [2.05, 4.69) is 37.8 Å². The van der Waals surface area contributed by atoms with Gasteiger partial charge in [0, 0.05) is 11.5 Å². The Morgan fingerprint density at radius 1 is 1.43 bits per heavy atom. The summed E-state index contributed by atoms with van der Waals surface area (Å²) in [6.07, 6.45) is 2.68. The second kappa shape index (κ2) is 4.37. The SMILES string of the molecule is C[C@H]1C[C@H](c2cccc(S)c2)CCO1. The van der Waals surface area contributed by atoms with Crippen LogP contribution in [-0.2, 0) is 4.74 Å². The molecule has 1 fully saturated rings. The number of benzene rings is 1. The zero-order chi connectivity index (χ0) is 9.97. The molecule has 76 valence electrons. The van der Waals surface area contributed by atoms with E-state index in [1.165, 1.54) is 5.56 Å². The van der Waals surface area contributed by atoms with E-state index in [4.69, 9.17) is 4.74 Å². The lowest BCUT2D eigenvalue weighted by molar-refractivity contribution is 0.0186. The fourth-order valence-corrected chi connectivity index (χ4v) is 2.31. The third-order valence-electron chi connectivity index (χ3n) is 2.83. The number of thiol groups is 1. The third kappa shape index (κ3) is 2.31. The molecule has 0 N–H and O–H groups in total. The van der Waals surface area contributed by atoms with Crippen molar-refractivity contribution in [1.82, 2.24) is 0 Å². The molecule has 1 aromatic rings. The molecule has 1 saturated heterocycles. The fraction of sp³-hybridized carbons (Fsp3) is 0.500. The minimum atomic E-state index is 0.400. The Bertz CT molecular complexity index is 311. The van der Waals surface area contributed by atoms with Gasteiger partial charge >= 0.3 is 0 Å². The molecule has 0 unspecified atom stereocenters. The summed E-state index contributed by atoms with van der Waals surface area (Å²) in [6, 6.07) is 8.47. The quantitative estimate of drug-likeness (QED) is 0.697. The van der Waals surface area contributed by atoms with Crippen molar-refractivity contribution in [1.29, 1.82) is 0 Å². The van der Waals surface area contributed by atoms with Gasteiger partial charge in [-0.3, -0.25) is 0 Å². The van der Waals surface area contributed by atoms with E-state index in [9.17, 15) is 0 Å². The van der Waals surface area contributed by atoms with Crippen LogP contribution in [0.2, 0.25) is 0 Å². The molecule has 1 aliphatic heterocycles. The van der Waals surface area contributed by atoms with Crippen LogP contribution in [0.25, 0.3) is 0 Å². The molecular weight excluding hydrogens is 192 g/mol. The van der Waals surface area contributed by atoms with Crippen LogP contribution >= 0.6 is 12.6 Å². The van der Waals surface area contributed by atoms with Gasteiger partial charge in [0.1, 0.15) is 0 Å². The highest BCUT2D eigenvalue weighted by Crippen LogP contribution is 2.30. The second-order valence-corrected chi connectivity index (χ2v) is 4.51. The lowest BCUT2D eigenvalue weighted by Crippen LogP contribution is -2.21. The number of hydrogen-bond acceptors (Lipinski definition) is 2. The van der Waals surface area contributed by atoms with Crippen molar-refractivity contribution in [3.63, 3.8) is 0 Å². The molecule has 2 rings (SSSR count). The van der Waals surface area contributed by atoms with E-state index in [1.54, 1.807) is 0 Å². The maximum absolute atomic E-state index is 5.54. The molecule has 1 heterocycles. The summed E-state index contributed by atoms with van der Waals surface area (Å²) >= 11 is 4.36. The van der Waals surface area contributed by atoms with E-state index in [1.807, 2.05) is 6.07 Å². The normalized spacial score (nSPS) is 27.6. The Balaban J connectivity index is 2.14. The van der Waals surface area contributed by atoms with Crippen LogP contribution < -0.4 is 0 Å². The molecule has 1 nitrogen and oxygen atoms in total. The molecule has 0 aliphatic carbocycles. The van der Waals surface area contributed by atoms with Crippen LogP contribution in [0.5, 0.6) is 0 Å². The van der Waals surface area contributed by atoms with Crippen LogP contribution in [0.1, 0.15) is 31.2 Å². The zero-order valence-electron chi connectivity index (χ0n) is 8.44. The molecule has 2 atom stereocenters. The molecule has 1 aliphatic rings. The van der Waals surface area contributed by atoms with Crippen molar-refractivity contribution >= 4 is 12.6 Å². The Morgan fingerprint density at radius 3 is 3.00 bits per heavy atom. The Hall–Kier alpha value is -0.470. The van der Waals surface area contributed by atoms with Gasteiger partial charge in [-0.2, -0.15) is 0 Å². The van der Waals surface area contributed by atoms with Crippen LogP contribution in [0, 0.1) is 0 Å². The van der Waals surface area contributed by atoms with Gasteiger partial charge in [0.25, 0.3) is 0 Å². The largest absolute Gasteiger partial charge is 0.378 e. The molecule has 0 amide bonds. The van der Waals surface area contributed by atoms with Crippen molar-refractivity contribution in [2.45, 2.75) is 36.7 Å². The molecule has 0 aromatic heterocycles. The Kier molecular flexibility index (Phi) is 3.14. The molecule has 0 radical (unpaired) electrons. The highest BCUT2D eigenvalue weighted by Gasteiger charge is 2.20. The fourth-order valence-electron chi connectivity index (χ4n) is 2.08. The molecule has 1 aromatic carbocycles. The van der Waals surface area contributed by atoms with E-state index in [0.717, 1.165) is 24.3 Å². The minimum Gasteiger partial charge on any atom is -0.378 e. The first kappa shape index (κ1) is 10.1. The molecular formula is C12H16OS. The average Bonchev–Trinajstić information content (AvgIpc) is 2.18. The van der Waals surface area contributed by atoms with E-state index < -0.39 is 0 Å². The van der Waals surface area contributed by atoms with E-state index in [0.29, 0.717) is 12.0 Å². The van der Waals surface area contributed by atoms with Gasteiger partial charge in [0.05, 0.1) is 6.10 Å². The maximum Gasteiger partial charge on any atom is 0.0552 e. The summed E-state index contributed by atoms with van der Waals surface area (Å²) in [4.78, 5) is 1.06. The first-order valence-electron chi connectivity index (χ1n) is 5.16. The van der Waals surface area contributed by atoms with Crippen molar-refractivity contribution in [3.8, 4) is 0 Å². The molecule has 0 spiro atoms. The van der Waals surface area contributed by atoms with Gasteiger partial charge in [0.2, 0.25) is 0 Å². The first-order valence-corrected chi connectivity index (χ1v) is 5.61. The summed E-state index contributed by atoms with van der Waals surface area (Å²) < 4.78 is 5.54. The zero-order valence-corrected chi connectivity index (χ0v) is 9.34. The van der Waals surface area contributed by atoms with Gasteiger partial charge in [-0.15, -0.1) is 12.6 Å². The first-order chi connectivity index (χ1) is 6.75. The maximum atomic E-state index is 5.54. The molecule has 2 heteroatoms. The topological polar surface area (TPSA) is 9.23 Å². The number of ether oxygens (including phenoxy) is 1. The summed E-state index contributed by atoms with van der Waals surface area (Å²) in [5.41, 5.74) is 1.41. The van der Waals surface area contributed by atoms with E-state index in [-0.39, 0.29) is 0 Å². The average molecular weight is 208 g/mol. The van der Waals surface area contributed by atoms with Gasteiger partial charge in [0.15, 0.2) is 0 Å². The van der Waals surface area contributed by atoms with E-state index >= 15 is 0 Å². The summed E-state index contributed by atoms with van der Waals surface area (Å²) in [5, 5.41) is 0. The lowest BCUT2D eigenvalue weighted by Gasteiger charge is -2.27. The van der Waals surface area contributed by atoms with Crippen LogP contribution in [-0.4, -0.2) is 12.7 Å². The predicted octanol–water partition coefficient (Wildman–Crippen LogP) is 3.26. The van der Waals surface area contributed by atoms with Crippen LogP contribution in [0.3, 0.4) is 0 Å². The molecule has 0 saturated carbocycles.